The summed E-state index contributed by atoms with van der Waals surface area (Å²) in [5.41, 5.74) is 1.75. The van der Waals surface area contributed by atoms with Crippen LogP contribution in [0.5, 0.6) is 5.75 Å². The van der Waals surface area contributed by atoms with Gasteiger partial charge in [-0.3, -0.25) is 4.79 Å². The Morgan fingerprint density at radius 3 is 2.95 bits per heavy atom. The lowest BCUT2D eigenvalue weighted by atomic mass is 10.2. The molecule has 1 heterocycles. The molecule has 0 bridgehead atoms. The minimum Gasteiger partial charge on any atom is -0.492 e. The minimum absolute atomic E-state index is 0.125. The van der Waals surface area contributed by atoms with Gasteiger partial charge in [-0.15, -0.1) is 11.8 Å². The lowest BCUT2D eigenvalue weighted by Gasteiger charge is -2.09. The van der Waals surface area contributed by atoms with E-state index >= 15 is 0 Å². The van der Waals surface area contributed by atoms with Gasteiger partial charge in [0.25, 0.3) is 5.91 Å². The van der Waals surface area contributed by atoms with Crippen molar-refractivity contribution in [2.45, 2.75) is 11.9 Å². The Morgan fingerprint density at radius 2 is 2.19 bits per heavy atom. The van der Waals surface area contributed by atoms with Crippen LogP contribution >= 0.6 is 11.8 Å². The number of ether oxygens (including phenoxy) is 1. The molecule has 0 fully saturated rings. The Hall–Kier alpha value is -2.01. The number of thioether (sulfide) groups is 1. The molecule has 0 aliphatic heterocycles. The van der Waals surface area contributed by atoms with Crippen molar-refractivity contribution in [3.8, 4) is 5.75 Å². The van der Waals surface area contributed by atoms with Crippen molar-refractivity contribution in [1.82, 2.24) is 10.3 Å². The van der Waals surface area contributed by atoms with E-state index in [0.29, 0.717) is 18.7 Å². The number of pyridine rings is 1. The van der Waals surface area contributed by atoms with E-state index in [-0.39, 0.29) is 5.91 Å². The topological polar surface area (TPSA) is 51.2 Å². The van der Waals surface area contributed by atoms with Crippen molar-refractivity contribution in [3.63, 3.8) is 0 Å². The summed E-state index contributed by atoms with van der Waals surface area (Å²) in [6.07, 6.45) is 3.59. The predicted molar refractivity (Wildman–Crippen MR) is 85.0 cm³/mol. The molecule has 1 amide bonds. The van der Waals surface area contributed by atoms with Crippen LogP contribution in [0.4, 0.5) is 0 Å². The molecule has 5 heteroatoms. The third-order valence-electron chi connectivity index (χ3n) is 2.86. The van der Waals surface area contributed by atoms with Gasteiger partial charge in [0.2, 0.25) is 0 Å². The van der Waals surface area contributed by atoms with E-state index in [1.807, 2.05) is 37.4 Å². The molecule has 1 N–H and O–H groups in total. The minimum atomic E-state index is -0.125. The number of aromatic nitrogens is 1. The molecule has 0 spiro atoms. The second-order valence-electron chi connectivity index (χ2n) is 4.48. The summed E-state index contributed by atoms with van der Waals surface area (Å²) in [6, 6.07) is 11.4. The summed E-state index contributed by atoms with van der Waals surface area (Å²) in [5, 5.41) is 3.57. The van der Waals surface area contributed by atoms with Gasteiger partial charge in [0.15, 0.2) is 0 Å². The zero-order valence-electron chi connectivity index (χ0n) is 12.1. The normalized spacial score (nSPS) is 10.2. The standard InChI is InChI=1S/C16H18N2O2S/c1-12-5-3-6-13(11-12)20-10-9-17-15(19)14-7-4-8-18-16(14)21-2/h3-8,11H,9-10H2,1-2H3,(H,17,19). The zero-order valence-corrected chi connectivity index (χ0v) is 12.9. The molecule has 1 aromatic carbocycles. The van der Waals surface area contributed by atoms with E-state index in [0.717, 1.165) is 16.3 Å². The van der Waals surface area contributed by atoms with Crippen LogP contribution in [0.15, 0.2) is 47.6 Å². The fourth-order valence-corrected chi connectivity index (χ4v) is 2.41. The van der Waals surface area contributed by atoms with Crippen molar-refractivity contribution < 1.29 is 9.53 Å². The number of rotatable bonds is 6. The lowest BCUT2D eigenvalue weighted by Crippen LogP contribution is -2.28. The number of aryl methyl sites for hydroxylation is 1. The van der Waals surface area contributed by atoms with E-state index in [1.165, 1.54) is 11.8 Å². The summed E-state index contributed by atoms with van der Waals surface area (Å²) in [5.74, 6) is 0.690. The molecule has 4 nitrogen and oxygen atoms in total. The second kappa shape index (κ2) is 7.69. The first-order chi connectivity index (χ1) is 10.2. The average Bonchev–Trinajstić information content (AvgIpc) is 2.51. The van der Waals surface area contributed by atoms with Gasteiger partial charge in [-0.1, -0.05) is 12.1 Å². The van der Waals surface area contributed by atoms with E-state index in [2.05, 4.69) is 10.3 Å². The highest BCUT2D eigenvalue weighted by Gasteiger charge is 2.10. The maximum absolute atomic E-state index is 12.1. The first-order valence-electron chi connectivity index (χ1n) is 6.67. The third-order valence-corrected chi connectivity index (χ3v) is 3.57. The van der Waals surface area contributed by atoms with Crippen molar-refractivity contribution in [3.05, 3.63) is 53.7 Å². The van der Waals surface area contributed by atoms with Crippen LogP contribution in [-0.4, -0.2) is 30.3 Å². The van der Waals surface area contributed by atoms with Crippen molar-refractivity contribution in [1.29, 1.82) is 0 Å². The van der Waals surface area contributed by atoms with Crippen LogP contribution in [0.2, 0.25) is 0 Å². The van der Waals surface area contributed by atoms with Gasteiger partial charge in [0.05, 0.1) is 12.1 Å². The van der Waals surface area contributed by atoms with E-state index < -0.39 is 0 Å². The van der Waals surface area contributed by atoms with E-state index in [4.69, 9.17) is 4.74 Å². The number of carbonyl (C=O) groups excluding carboxylic acids is 1. The van der Waals surface area contributed by atoms with Gasteiger partial charge in [-0.05, 0) is 43.0 Å². The van der Waals surface area contributed by atoms with E-state index in [9.17, 15) is 4.79 Å². The zero-order chi connectivity index (χ0) is 15.1. The van der Waals surface area contributed by atoms with Crippen molar-refractivity contribution >= 4 is 17.7 Å². The molecule has 1 aromatic heterocycles. The monoisotopic (exact) mass is 302 g/mol. The molecule has 0 unspecified atom stereocenters. The Balaban J connectivity index is 1.82. The number of hydrogen-bond acceptors (Lipinski definition) is 4. The molecule has 2 rings (SSSR count). The van der Waals surface area contributed by atoms with Gasteiger partial charge in [-0.25, -0.2) is 4.98 Å². The van der Waals surface area contributed by atoms with Crippen molar-refractivity contribution in [2.24, 2.45) is 0 Å². The number of carbonyl (C=O) groups is 1. The Labute approximate surface area is 128 Å². The summed E-state index contributed by atoms with van der Waals surface area (Å²) >= 11 is 1.46. The largest absolute Gasteiger partial charge is 0.492 e. The maximum atomic E-state index is 12.1. The molecule has 2 aromatic rings. The molecule has 0 saturated heterocycles. The van der Waals surface area contributed by atoms with Crippen LogP contribution in [0.25, 0.3) is 0 Å². The number of nitrogens with zero attached hydrogens (tertiary/aromatic N) is 1. The number of benzene rings is 1. The van der Waals surface area contributed by atoms with Crippen LogP contribution in [0.3, 0.4) is 0 Å². The highest BCUT2D eigenvalue weighted by molar-refractivity contribution is 7.98. The summed E-state index contributed by atoms with van der Waals surface area (Å²) in [4.78, 5) is 16.2. The van der Waals surface area contributed by atoms with Gasteiger partial charge < -0.3 is 10.1 Å². The van der Waals surface area contributed by atoms with Crippen LogP contribution < -0.4 is 10.1 Å². The van der Waals surface area contributed by atoms with E-state index in [1.54, 1.807) is 18.3 Å². The lowest BCUT2D eigenvalue weighted by molar-refractivity contribution is 0.0943. The fraction of sp³-hybridized carbons (Fsp3) is 0.250. The molecular formula is C16H18N2O2S. The quantitative estimate of drug-likeness (QED) is 0.658. The van der Waals surface area contributed by atoms with Gasteiger partial charge in [0.1, 0.15) is 17.4 Å². The highest BCUT2D eigenvalue weighted by atomic mass is 32.2. The van der Waals surface area contributed by atoms with Crippen LogP contribution in [-0.2, 0) is 0 Å². The first-order valence-corrected chi connectivity index (χ1v) is 7.90. The number of hydrogen-bond donors (Lipinski definition) is 1. The number of nitrogens with one attached hydrogen (secondary N) is 1. The third kappa shape index (κ3) is 4.49. The molecular weight excluding hydrogens is 284 g/mol. The van der Waals surface area contributed by atoms with Gasteiger partial charge >= 0.3 is 0 Å². The molecule has 110 valence electrons. The van der Waals surface area contributed by atoms with Gasteiger partial charge in [0, 0.05) is 6.20 Å². The molecule has 0 aliphatic rings. The SMILES string of the molecule is CSc1ncccc1C(=O)NCCOc1cccc(C)c1. The molecule has 21 heavy (non-hydrogen) atoms. The number of amides is 1. The molecule has 0 radical (unpaired) electrons. The second-order valence-corrected chi connectivity index (χ2v) is 5.28. The van der Waals surface area contributed by atoms with Crippen LogP contribution in [0, 0.1) is 6.92 Å². The van der Waals surface area contributed by atoms with Crippen molar-refractivity contribution in [2.75, 3.05) is 19.4 Å². The first kappa shape index (κ1) is 15.4. The Morgan fingerprint density at radius 1 is 1.33 bits per heavy atom. The Bertz CT molecular complexity index is 617. The molecule has 0 saturated carbocycles. The predicted octanol–water partition coefficient (Wildman–Crippen LogP) is 2.92. The highest BCUT2D eigenvalue weighted by Crippen LogP contribution is 2.16. The summed E-state index contributed by atoms with van der Waals surface area (Å²) < 4.78 is 5.59. The fourth-order valence-electron chi connectivity index (χ4n) is 1.86. The maximum Gasteiger partial charge on any atom is 0.254 e. The summed E-state index contributed by atoms with van der Waals surface area (Å²) in [7, 11) is 0. The van der Waals surface area contributed by atoms with Gasteiger partial charge in [-0.2, -0.15) is 0 Å². The average molecular weight is 302 g/mol. The smallest absolute Gasteiger partial charge is 0.254 e. The Kier molecular flexibility index (Phi) is 5.63. The molecule has 0 atom stereocenters. The summed E-state index contributed by atoms with van der Waals surface area (Å²) in [6.45, 7) is 2.90. The molecule has 0 aliphatic carbocycles. The van der Waals surface area contributed by atoms with Crippen LogP contribution in [0.1, 0.15) is 15.9 Å².